The number of nitriles is 1. The minimum atomic E-state index is -0.590. The maximum atomic E-state index is 12.9. The number of Topliss-reactive ketones (excluding diaryl/α,β-unsaturated/α-hetero) is 1. The van der Waals surface area contributed by atoms with Crippen LogP contribution >= 0.6 is 11.8 Å². The van der Waals surface area contributed by atoms with Crippen molar-refractivity contribution in [3.8, 4) is 17.6 Å². The molecule has 8 heteroatoms. The summed E-state index contributed by atoms with van der Waals surface area (Å²) in [5, 5.41) is 26.8. The summed E-state index contributed by atoms with van der Waals surface area (Å²) in [6.45, 7) is 0. The van der Waals surface area contributed by atoms with Crippen LogP contribution in [-0.4, -0.2) is 29.7 Å². The number of dihydropyridines is 1. The second-order valence-corrected chi connectivity index (χ2v) is 8.70. The molecule has 0 bridgehead atoms. The molecule has 1 atom stereocenters. The van der Waals surface area contributed by atoms with Crippen LogP contribution in [0.15, 0.2) is 70.4 Å². The van der Waals surface area contributed by atoms with Crippen molar-refractivity contribution >= 4 is 29.1 Å². The molecular formula is C25H23N3O4S. The molecule has 0 radical (unpaired) electrons. The third-order valence-electron chi connectivity index (χ3n) is 5.61. The number of nitrogens with zero attached hydrogens (tertiary/aromatic N) is 1. The zero-order valence-corrected chi connectivity index (χ0v) is 18.9. The predicted molar refractivity (Wildman–Crippen MR) is 127 cm³/mol. The number of carbonyl (C=O) groups is 2. The highest BCUT2D eigenvalue weighted by Crippen LogP contribution is 2.45. The molecule has 168 valence electrons. The smallest absolute Gasteiger partial charge is 0.234 e. The number of hydrogen-bond acceptors (Lipinski definition) is 7. The first-order valence-corrected chi connectivity index (χ1v) is 11.5. The van der Waals surface area contributed by atoms with Crippen LogP contribution in [0.25, 0.3) is 0 Å². The van der Waals surface area contributed by atoms with Crippen LogP contribution in [0.1, 0.15) is 30.7 Å². The van der Waals surface area contributed by atoms with E-state index in [2.05, 4.69) is 16.7 Å². The van der Waals surface area contributed by atoms with Gasteiger partial charge >= 0.3 is 0 Å². The topological polar surface area (TPSA) is 111 Å². The lowest BCUT2D eigenvalue weighted by atomic mass is 9.77. The molecule has 7 nitrogen and oxygen atoms in total. The van der Waals surface area contributed by atoms with E-state index in [1.165, 1.54) is 24.9 Å². The Bertz CT molecular complexity index is 1200. The average Bonchev–Trinajstić information content (AvgIpc) is 2.83. The summed E-state index contributed by atoms with van der Waals surface area (Å²) in [4.78, 5) is 25.4. The van der Waals surface area contributed by atoms with Crippen molar-refractivity contribution in [2.45, 2.75) is 25.2 Å². The minimum Gasteiger partial charge on any atom is -0.504 e. The number of benzene rings is 2. The number of carbonyl (C=O) groups excluding carboxylic acids is 2. The summed E-state index contributed by atoms with van der Waals surface area (Å²) in [5.74, 6) is -0.433. The highest BCUT2D eigenvalue weighted by Gasteiger charge is 2.37. The summed E-state index contributed by atoms with van der Waals surface area (Å²) in [6.07, 6.45) is 1.84. The number of nitrogens with one attached hydrogen (secondary N) is 2. The Kier molecular flexibility index (Phi) is 6.71. The van der Waals surface area contributed by atoms with E-state index >= 15 is 0 Å². The number of anilines is 1. The Morgan fingerprint density at radius 3 is 2.79 bits per heavy atom. The fourth-order valence-electron chi connectivity index (χ4n) is 4.10. The molecule has 0 saturated heterocycles. The van der Waals surface area contributed by atoms with Crippen molar-refractivity contribution < 1.29 is 19.4 Å². The monoisotopic (exact) mass is 461 g/mol. The highest BCUT2D eigenvalue weighted by molar-refractivity contribution is 8.03. The Morgan fingerprint density at radius 2 is 2.06 bits per heavy atom. The van der Waals surface area contributed by atoms with Gasteiger partial charge in [0, 0.05) is 23.4 Å². The van der Waals surface area contributed by atoms with Crippen LogP contribution in [0.2, 0.25) is 0 Å². The number of allylic oxidation sites excluding steroid dienone is 3. The van der Waals surface area contributed by atoms with E-state index in [0.717, 1.165) is 12.1 Å². The number of ether oxygens (including phenoxy) is 1. The molecule has 2 aliphatic rings. The van der Waals surface area contributed by atoms with Gasteiger partial charge in [-0.3, -0.25) is 9.59 Å². The first-order valence-electron chi connectivity index (χ1n) is 10.5. The van der Waals surface area contributed by atoms with Gasteiger partial charge in [0.05, 0.1) is 35.5 Å². The van der Waals surface area contributed by atoms with Crippen LogP contribution in [0.4, 0.5) is 5.69 Å². The van der Waals surface area contributed by atoms with Crippen molar-refractivity contribution in [1.29, 1.82) is 5.26 Å². The van der Waals surface area contributed by atoms with Crippen molar-refractivity contribution in [3.05, 3.63) is 76.0 Å². The largest absolute Gasteiger partial charge is 0.504 e. The van der Waals surface area contributed by atoms with E-state index in [0.29, 0.717) is 40.3 Å². The third kappa shape index (κ3) is 4.73. The molecule has 2 aromatic rings. The van der Waals surface area contributed by atoms with E-state index in [1.807, 2.05) is 18.2 Å². The van der Waals surface area contributed by atoms with Crippen molar-refractivity contribution in [3.63, 3.8) is 0 Å². The minimum absolute atomic E-state index is 0.000544. The van der Waals surface area contributed by atoms with Crippen LogP contribution in [0.5, 0.6) is 11.5 Å². The number of ketones is 1. The van der Waals surface area contributed by atoms with E-state index in [-0.39, 0.29) is 28.9 Å². The maximum Gasteiger partial charge on any atom is 0.234 e. The number of methoxy groups -OCH3 is 1. The molecule has 1 heterocycles. The Balaban J connectivity index is 1.66. The van der Waals surface area contributed by atoms with Gasteiger partial charge in [0.25, 0.3) is 0 Å². The molecule has 1 aliphatic heterocycles. The number of thioether (sulfide) groups is 1. The second kappa shape index (κ2) is 9.84. The quantitative estimate of drug-likeness (QED) is 0.591. The van der Waals surface area contributed by atoms with Gasteiger partial charge < -0.3 is 20.5 Å². The zero-order valence-electron chi connectivity index (χ0n) is 18.1. The molecule has 0 spiro atoms. The molecule has 1 amide bonds. The van der Waals surface area contributed by atoms with Gasteiger partial charge in [-0.25, -0.2) is 0 Å². The lowest BCUT2D eigenvalue weighted by Gasteiger charge is -2.33. The number of rotatable bonds is 6. The fourth-order valence-corrected chi connectivity index (χ4v) is 4.96. The van der Waals surface area contributed by atoms with Crippen LogP contribution in [0.3, 0.4) is 0 Å². The molecule has 0 unspecified atom stereocenters. The van der Waals surface area contributed by atoms with Crippen LogP contribution in [-0.2, 0) is 9.59 Å². The summed E-state index contributed by atoms with van der Waals surface area (Å²) in [7, 11) is 1.45. The molecular weight excluding hydrogens is 438 g/mol. The predicted octanol–water partition coefficient (Wildman–Crippen LogP) is 4.20. The van der Waals surface area contributed by atoms with Gasteiger partial charge in [-0.1, -0.05) is 36.0 Å². The SMILES string of the molecule is COc1cc([C@H]2C(C#N)=C(SCC(=O)Nc3ccccc3)NC3=C2C(=O)CCC3)ccc1O. The molecule has 33 heavy (non-hydrogen) atoms. The fraction of sp³-hybridized carbons (Fsp3) is 0.240. The van der Waals surface area contributed by atoms with Gasteiger partial charge in [0.1, 0.15) is 0 Å². The summed E-state index contributed by atoms with van der Waals surface area (Å²) in [5.41, 5.74) is 3.11. The van der Waals surface area contributed by atoms with Crippen molar-refractivity contribution in [1.82, 2.24) is 5.32 Å². The van der Waals surface area contributed by atoms with Crippen LogP contribution < -0.4 is 15.4 Å². The van der Waals surface area contributed by atoms with Gasteiger partial charge in [-0.2, -0.15) is 5.26 Å². The van der Waals surface area contributed by atoms with Crippen LogP contribution in [0, 0.1) is 11.3 Å². The Labute approximate surface area is 196 Å². The summed E-state index contributed by atoms with van der Waals surface area (Å²) >= 11 is 1.23. The lowest BCUT2D eigenvalue weighted by Crippen LogP contribution is -2.31. The first kappa shape index (κ1) is 22.5. The number of para-hydroxylation sites is 1. The van der Waals surface area contributed by atoms with E-state index < -0.39 is 5.92 Å². The van der Waals surface area contributed by atoms with Gasteiger partial charge in [-0.15, -0.1) is 0 Å². The van der Waals surface area contributed by atoms with E-state index in [9.17, 15) is 20.0 Å². The molecule has 4 rings (SSSR count). The summed E-state index contributed by atoms with van der Waals surface area (Å²) < 4.78 is 5.25. The van der Waals surface area contributed by atoms with Gasteiger partial charge in [0.2, 0.25) is 5.91 Å². The average molecular weight is 462 g/mol. The third-order valence-corrected chi connectivity index (χ3v) is 6.62. The Hall–Kier alpha value is -3.70. The normalized spacial score (nSPS) is 17.7. The molecule has 0 fully saturated rings. The number of aromatic hydroxyl groups is 1. The molecule has 0 saturated carbocycles. The zero-order chi connectivity index (χ0) is 23.4. The molecule has 1 aliphatic carbocycles. The summed E-state index contributed by atoms with van der Waals surface area (Å²) in [6, 6.07) is 16.3. The lowest BCUT2D eigenvalue weighted by molar-refractivity contribution is -0.116. The number of phenols is 1. The maximum absolute atomic E-state index is 12.9. The first-order chi connectivity index (χ1) is 16.0. The second-order valence-electron chi connectivity index (χ2n) is 7.72. The van der Waals surface area contributed by atoms with E-state index in [1.54, 1.807) is 24.3 Å². The molecule has 2 aromatic carbocycles. The van der Waals surface area contributed by atoms with Gasteiger partial charge in [-0.05, 0) is 42.7 Å². The molecule has 0 aromatic heterocycles. The number of phenolic OH excluding ortho intramolecular Hbond substituents is 1. The van der Waals surface area contributed by atoms with Crippen molar-refractivity contribution in [2.75, 3.05) is 18.2 Å². The Morgan fingerprint density at radius 1 is 1.27 bits per heavy atom. The highest BCUT2D eigenvalue weighted by atomic mass is 32.2. The number of amides is 1. The van der Waals surface area contributed by atoms with Gasteiger partial charge in [0.15, 0.2) is 17.3 Å². The van der Waals surface area contributed by atoms with E-state index in [4.69, 9.17) is 4.74 Å². The molecule has 3 N–H and O–H groups in total. The standard InChI is InChI=1S/C25H23N3O4S/c1-32-21-12-15(10-11-19(21)29)23-17(13-26)25(28-18-8-5-9-20(30)24(18)23)33-14-22(31)27-16-6-3-2-4-7-16/h2-4,6-7,10-12,23,28-29H,5,8-9,14H2,1H3,(H,27,31)/t23-/m0/s1. The van der Waals surface area contributed by atoms with Crippen molar-refractivity contribution in [2.24, 2.45) is 0 Å². The number of hydrogen-bond donors (Lipinski definition) is 3.